The largest absolute Gasteiger partial charge is 0.486 e. The van der Waals surface area contributed by atoms with E-state index in [1.54, 1.807) is 0 Å². The molecule has 1 saturated carbocycles. The lowest BCUT2D eigenvalue weighted by Crippen LogP contribution is -2.37. The molecule has 1 aromatic rings. The van der Waals surface area contributed by atoms with E-state index in [1.165, 1.54) is 0 Å². The molecule has 0 radical (unpaired) electrons. The first kappa shape index (κ1) is 14.7. The third-order valence-corrected chi connectivity index (χ3v) is 5.23. The smallest absolute Gasteiger partial charge is 0.312 e. The average molecular weight is 397 g/mol. The molecule has 0 heterocycles. The molecule has 1 aromatic carbocycles. The summed E-state index contributed by atoms with van der Waals surface area (Å²) in [6.45, 7) is 0.361. The minimum Gasteiger partial charge on any atom is -0.486 e. The molecule has 1 aliphatic rings. The highest BCUT2D eigenvalue weighted by atomic mass is 79.9. The molecule has 0 N–H and O–H groups in total. The first-order valence-electron chi connectivity index (χ1n) is 5.80. The molecule has 4 nitrogen and oxygen atoms in total. The fourth-order valence-electron chi connectivity index (χ4n) is 2.00. The van der Waals surface area contributed by atoms with Crippen LogP contribution in [0.2, 0.25) is 0 Å². The highest BCUT2D eigenvalue weighted by Gasteiger charge is 2.37. The van der Waals surface area contributed by atoms with E-state index in [2.05, 4.69) is 31.9 Å². The van der Waals surface area contributed by atoms with Crippen molar-refractivity contribution < 1.29 is 14.1 Å². The predicted octanol–water partition coefficient (Wildman–Crippen LogP) is 4.44. The summed E-state index contributed by atoms with van der Waals surface area (Å²) in [6.07, 6.45) is 3.17. The Morgan fingerprint density at radius 1 is 1.47 bits per heavy atom. The van der Waals surface area contributed by atoms with Gasteiger partial charge in [0.05, 0.1) is 16.0 Å². The van der Waals surface area contributed by atoms with Crippen LogP contribution in [0.1, 0.15) is 19.3 Å². The predicted molar refractivity (Wildman–Crippen MR) is 76.3 cm³/mol. The molecule has 0 amide bonds. The standard InChI is InChI=1S/C12H12Br2FNO3/c13-6-12(2-1-3-12)7-19-11-5-9(15)8(14)4-10(11)16(17)18/h4-5H,1-3,6-7H2. The van der Waals surface area contributed by atoms with Crippen molar-refractivity contribution in [3.8, 4) is 5.75 Å². The van der Waals surface area contributed by atoms with E-state index in [4.69, 9.17) is 4.74 Å². The highest BCUT2D eigenvalue weighted by molar-refractivity contribution is 9.10. The number of nitro benzene ring substituents is 1. The maximum Gasteiger partial charge on any atom is 0.312 e. The van der Waals surface area contributed by atoms with Crippen LogP contribution in [0.4, 0.5) is 10.1 Å². The van der Waals surface area contributed by atoms with Crippen LogP contribution in [0.3, 0.4) is 0 Å². The monoisotopic (exact) mass is 395 g/mol. The van der Waals surface area contributed by atoms with E-state index in [0.717, 1.165) is 36.7 Å². The Labute approximate surface area is 126 Å². The summed E-state index contributed by atoms with van der Waals surface area (Å²) in [5.74, 6) is -0.583. The summed E-state index contributed by atoms with van der Waals surface area (Å²) in [4.78, 5) is 10.4. The van der Waals surface area contributed by atoms with Gasteiger partial charge in [-0.15, -0.1) is 0 Å². The van der Waals surface area contributed by atoms with Gasteiger partial charge in [-0.2, -0.15) is 0 Å². The van der Waals surface area contributed by atoms with Crippen molar-refractivity contribution in [2.75, 3.05) is 11.9 Å². The van der Waals surface area contributed by atoms with Gasteiger partial charge in [0.2, 0.25) is 0 Å². The van der Waals surface area contributed by atoms with Crippen LogP contribution >= 0.6 is 31.9 Å². The van der Waals surface area contributed by atoms with Gasteiger partial charge in [-0.25, -0.2) is 4.39 Å². The Morgan fingerprint density at radius 3 is 2.63 bits per heavy atom. The fourth-order valence-corrected chi connectivity index (χ4v) is 3.05. The minimum atomic E-state index is -0.568. The molecule has 0 aromatic heterocycles. The second-order valence-electron chi connectivity index (χ2n) is 4.77. The van der Waals surface area contributed by atoms with E-state index >= 15 is 0 Å². The number of nitrogens with zero attached hydrogens (tertiary/aromatic N) is 1. The topological polar surface area (TPSA) is 52.4 Å². The van der Waals surface area contributed by atoms with E-state index in [0.29, 0.717) is 6.61 Å². The molecular weight excluding hydrogens is 385 g/mol. The van der Waals surface area contributed by atoms with Gasteiger partial charge in [-0.05, 0) is 28.8 Å². The summed E-state index contributed by atoms with van der Waals surface area (Å²) in [6, 6.07) is 2.19. The molecule has 0 saturated heterocycles. The van der Waals surface area contributed by atoms with Crippen LogP contribution < -0.4 is 4.74 Å². The van der Waals surface area contributed by atoms with Crippen molar-refractivity contribution in [2.45, 2.75) is 19.3 Å². The molecule has 0 spiro atoms. The maximum absolute atomic E-state index is 13.5. The summed E-state index contributed by atoms with van der Waals surface area (Å²) >= 11 is 6.37. The number of halogens is 3. The molecule has 1 aliphatic carbocycles. The summed E-state index contributed by atoms with van der Waals surface area (Å²) < 4.78 is 19.0. The van der Waals surface area contributed by atoms with Gasteiger partial charge >= 0.3 is 5.69 Å². The van der Waals surface area contributed by atoms with Crippen LogP contribution in [0.5, 0.6) is 5.75 Å². The molecule has 0 unspecified atom stereocenters. The van der Waals surface area contributed by atoms with Gasteiger partial charge in [0, 0.05) is 22.9 Å². The molecule has 0 atom stereocenters. The molecule has 0 bridgehead atoms. The van der Waals surface area contributed by atoms with E-state index in [9.17, 15) is 14.5 Å². The van der Waals surface area contributed by atoms with E-state index in [1.807, 2.05) is 0 Å². The molecule has 7 heteroatoms. The number of nitro groups is 1. The van der Waals surface area contributed by atoms with Gasteiger partial charge in [-0.3, -0.25) is 10.1 Å². The van der Waals surface area contributed by atoms with Crippen molar-refractivity contribution in [1.82, 2.24) is 0 Å². The van der Waals surface area contributed by atoms with Gasteiger partial charge in [0.25, 0.3) is 0 Å². The molecule has 0 aliphatic heterocycles. The Hall–Kier alpha value is -0.690. The van der Waals surface area contributed by atoms with Crippen molar-refractivity contribution in [3.63, 3.8) is 0 Å². The minimum absolute atomic E-state index is 0.0158. The summed E-state index contributed by atoms with van der Waals surface area (Å²) in [5, 5.41) is 11.7. The number of hydrogen-bond acceptors (Lipinski definition) is 3. The summed E-state index contributed by atoms with van der Waals surface area (Å²) in [7, 11) is 0. The number of ether oxygens (including phenoxy) is 1. The summed E-state index contributed by atoms with van der Waals surface area (Å²) in [5.41, 5.74) is -0.199. The Morgan fingerprint density at radius 2 is 2.16 bits per heavy atom. The van der Waals surface area contributed by atoms with Gasteiger partial charge in [0.1, 0.15) is 5.82 Å². The first-order chi connectivity index (χ1) is 8.97. The van der Waals surface area contributed by atoms with Crippen molar-refractivity contribution >= 4 is 37.5 Å². The fraction of sp³-hybridized carbons (Fsp3) is 0.500. The van der Waals surface area contributed by atoms with Crippen LogP contribution in [-0.2, 0) is 0 Å². The zero-order chi connectivity index (χ0) is 14.0. The molecule has 1 fully saturated rings. The average Bonchev–Trinajstić information content (AvgIpc) is 2.32. The van der Waals surface area contributed by atoms with Gasteiger partial charge < -0.3 is 4.74 Å². The number of hydrogen-bond donors (Lipinski definition) is 0. The quantitative estimate of drug-likeness (QED) is 0.420. The first-order valence-corrected chi connectivity index (χ1v) is 7.71. The van der Waals surface area contributed by atoms with E-state index in [-0.39, 0.29) is 21.3 Å². The number of alkyl halides is 1. The third kappa shape index (κ3) is 3.08. The van der Waals surface area contributed by atoms with E-state index < -0.39 is 10.7 Å². The number of rotatable bonds is 5. The zero-order valence-corrected chi connectivity index (χ0v) is 13.2. The van der Waals surface area contributed by atoms with Crippen LogP contribution in [0, 0.1) is 21.3 Å². The van der Waals surface area contributed by atoms with Gasteiger partial charge in [0.15, 0.2) is 5.75 Å². The molecule has 19 heavy (non-hydrogen) atoms. The van der Waals surface area contributed by atoms with Gasteiger partial charge in [-0.1, -0.05) is 22.4 Å². The Kier molecular flexibility index (Phi) is 4.45. The molecule has 2 rings (SSSR count). The lowest BCUT2D eigenvalue weighted by molar-refractivity contribution is -0.386. The SMILES string of the molecule is O=[N+]([O-])c1cc(Br)c(F)cc1OCC1(CBr)CCC1. The van der Waals surface area contributed by atoms with Crippen LogP contribution in [0.25, 0.3) is 0 Å². The normalized spacial score (nSPS) is 16.8. The lowest BCUT2D eigenvalue weighted by Gasteiger charge is -2.39. The highest BCUT2D eigenvalue weighted by Crippen LogP contribution is 2.43. The number of benzene rings is 1. The van der Waals surface area contributed by atoms with Crippen molar-refractivity contribution in [1.29, 1.82) is 0 Å². The second kappa shape index (κ2) is 5.75. The molecule has 104 valence electrons. The van der Waals surface area contributed by atoms with Crippen LogP contribution in [0.15, 0.2) is 16.6 Å². The maximum atomic E-state index is 13.5. The zero-order valence-electron chi connectivity index (χ0n) is 10.00. The second-order valence-corrected chi connectivity index (χ2v) is 6.18. The Balaban J connectivity index is 2.19. The third-order valence-electron chi connectivity index (χ3n) is 3.43. The Bertz CT molecular complexity index is 500. The molecular formula is C12H12Br2FNO3. The van der Waals surface area contributed by atoms with Crippen molar-refractivity contribution in [3.05, 3.63) is 32.5 Å². The van der Waals surface area contributed by atoms with Crippen LogP contribution in [-0.4, -0.2) is 16.9 Å². The lowest BCUT2D eigenvalue weighted by atomic mass is 9.71. The van der Waals surface area contributed by atoms with Crippen molar-refractivity contribution in [2.24, 2.45) is 5.41 Å².